The standard InChI is InChI=1S/C13H22N4O3/c1-13(2,3)12-15-10(20-16-12)7-17-6-8(19-4)5-9(17)11(14)18/h8-9H,5-7H2,1-4H3,(H2,14,18)/t8-,9-/m0/s1. The average Bonchev–Trinajstić information content (AvgIpc) is 2.95. The van der Waals surface area contributed by atoms with E-state index < -0.39 is 0 Å². The Labute approximate surface area is 118 Å². The molecule has 0 aliphatic carbocycles. The fraction of sp³-hybridized carbons (Fsp3) is 0.769. The lowest BCUT2D eigenvalue weighted by atomic mass is 9.96. The van der Waals surface area contributed by atoms with Crippen LogP contribution in [0.4, 0.5) is 0 Å². The van der Waals surface area contributed by atoms with E-state index >= 15 is 0 Å². The predicted molar refractivity (Wildman–Crippen MR) is 71.8 cm³/mol. The number of methoxy groups -OCH3 is 1. The zero-order valence-electron chi connectivity index (χ0n) is 12.4. The molecule has 20 heavy (non-hydrogen) atoms. The maximum Gasteiger partial charge on any atom is 0.240 e. The topological polar surface area (TPSA) is 94.5 Å². The van der Waals surface area contributed by atoms with Crippen LogP contribution in [-0.4, -0.2) is 46.7 Å². The van der Waals surface area contributed by atoms with Crippen LogP contribution < -0.4 is 5.73 Å². The van der Waals surface area contributed by atoms with Crippen molar-refractivity contribution in [3.8, 4) is 0 Å². The van der Waals surface area contributed by atoms with E-state index in [1.807, 2.05) is 25.7 Å². The summed E-state index contributed by atoms with van der Waals surface area (Å²) in [6, 6.07) is -0.343. The van der Waals surface area contributed by atoms with Crippen LogP contribution in [0, 0.1) is 0 Å². The van der Waals surface area contributed by atoms with Crippen LogP contribution in [0.5, 0.6) is 0 Å². The molecule has 7 nitrogen and oxygen atoms in total. The van der Waals surface area contributed by atoms with E-state index in [2.05, 4.69) is 10.1 Å². The van der Waals surface area contributed by atoms with Gasteiger partial charge in [-0.25, -0.2) is 0 Å². The van der Waals surface area contributed by atoms with Crippen molar-refractivity contribution in [3.05, 3.63) is 11.7 Å². The molecule has 1 aliphatic rings. The third-order valence-electron chi connectivity index (χ3n) is 3.50. The van der Waals surface area contributed by atoms with Gasteiger partial charge in [-0.2, -0.15) is 4.98 Å². The van der Waals surface area contributed by atoms with Crippen molar-refractivity contribution in [1.82, 2.24) is 15.0 Å². The van der Waals surface area contributed by atoms with Crippen LogP contribution >= 0.6 is 0 Å². The molecule has 0 radical (unpaired) electrons. The van der Waals surface area contributed by atoms with Crippen molar-refractivity contribution < 1.29 is 14.1 Å². The quantitative estimate of drug-likeness (QED) is 0.861. The molecule has 1 amide bonds. The van der Waals surface area contributed by atoms with E-state index in [0.29, 0.717) is 31.2 Å². The number of amides is 1. The fourth-order valence-corrected chi connectivity index (χ4v) is 2.30. The third kappa shape index (κ3) is 3.16. The molecule has 1 aliphatic heterocycles. The molecule has 2 rings (SSSR count). The second kappa shape index (κ2) is 5.49. The van der Waals surface area contributed by atoms with Gasteiger partial charge in [-0.3, -0.25) is 9.69 Å². The summed E-state index contributed by atoms with van der Waals surface area (Å²) in [5.74, 6) is 0.809. The van der Waals surface area contributed by atoms with Gasteiger partial charge in [0.2, 0.25) is 11.8 Å². The lowest BCUT2D eigenvalue weighted by molar-refractivity contribution is -0.122. The smallest absolute Gasteiger partial charge is 0.240 e. The van der Waals surface area contributed by atoms with Gasteiger partial charge in [0.25, 0.3) is 0 Å². The molecule has 0 bridgehead atoms. The molecule has 1 aromatic heterocycles. The zero-order chi connectivity index (χ0) is 14.9. The number of primary amides is 1. The molecule has 1 fully saturated rings. The van der Waals surface area contributed by atoms with E-state index in [0.717, 1.165) is 0 Å². The fourth-order valence-electron chi connectivity index (χ4n) is 2.30. The van der Waals surface area contributed by atoms with Gasteiger partial charge in [-0.1, -0.05) is 25.9 Å². The van der Waals surface area contributed by atoms with E-state index in [9.17, 15) is 4.79 Å². The van der Waals surface area contributed by atoms with Gasteiger partial charge < -0.3 is 15.0 Å². The lowest BCUT2D eigenvalue weighted by Gasteiger charge is -2.19. The molecule has 0 aromatic carbocycles. The summed E-state index contributed by atoms with van der Waals surface area (Å²) in [5.41, 5.74) is 5.27. The van der Waals surface area contributed by atoms with Crippen LogP contribution in [0.3, 0.4) is 0 Å². The molecule has 0 spiro atoms. The number of carbonyl (C=O) groups excluding carboxylic acids is 1. The molecule has 0 saturated carbocycles. The van der Waals surface area contributed by atoms with Crippen molar-refractivity contribution in [1.29, 1.82) is 0 Å². The first kappa shape index (κ1) is 14.9. The van der Waals surface area contributed by atoms with E-state index in [1.165, 1.54) is 0 Å². The molecule has 2 heterocycles. The summed E-state index contributed by atoms with van der Waals surface area (Å²) in [5, 5.41) is 3.98. The maximum atomic E-state index is 11.5. The average molecular weight is 282 g/mol. The van der Waals surface area contributed by atoms with Crippen molar-refractivity contribution in [3.63, 3.8) is 0 Å². The minimum atomic E-state index is -0.347. The molecule has 2 atom stereocenters. The summed E-state index contributed by atoms with van der Waals surface area (Å²) in [6.45, 7) is 7.11. The van der Waals surface area contributed by atoms with Crippen molar-refractivity contribution >= 4 is 5.91 Å². The summed E-state index contributed by atoms with van der Waals surface area (Å²) in [4.78, 5) is 17.8. The molecule has 7 heteroatoms. The van der Waals surface area contributed by atoms with Crippen molar-refractivity contribution in [2.24, 2.45) is 5.73 Å². The molecule has 1 saturated heterocycles. The predicted octanol–water partition coefficient (Wildman–Crippen LogP) is 0.442. The highest BCUT2D eigenvalue weighted by atomic mass is 16.5. The molecular weight excluding hydrogens is 260 g/mol. The van der Waals surface area contributed by atoms with Crippen LogP contribution in [0.2, 0.25) is 0 Å². The Hall–Kier alpha value is -1.47. The first-order valence-electron chi connectivity index (χ1n) is 6.70. The Kier molecular flexibility index (Phi) is 4.10. The van der Waals surface area contributed by atoms with Gasteiger partial charge in [0.1, 0.15) is 0 Å². The highest BCUT2D eigenvalue weighted by Crippen LogP contribution is 2.23. The zero-order valence-corrected chi connectivity index (χ0v) is 12.4. The van der Waals surface area contributed by atoms with Gasteiger partial charge in [-0.05, 0) is 6.42 Å². The Morgan fingerprint density at radius 2 is 2.25 bits per heavy atom. The van der Waals surface area contributed by atoms with E-state index in [1.54, 1.807) is 7.11 Å². The van der Waals surface area contributed by atoms with Gasteiger partial charge in [-0.15, -0.1) is 0 Å². The second-order valence-corrected chi connectivity index (χ2v) is 6.20. The minimum Gasteiger partial charge on any atom is -0.380 e. The highest BCUT2D eigenvalue weighted by Gasteiger charge is 2.36. The Morgan fingerprint density at radius 1 is 1.55 bits per heavy atom. The number of hydrogen-bond acceptors (Lipinski definition) is 6. The Bertz CT molecular complexity index is 480. The molecule has 2 N–H and O–H groups in total. The molecule has 0 unspecified atom stereocenters. The van der Waals surface area contributed by atoms with Crippen molar-refractivity contribution in [2.75, 3.05) is 13.7 Å². The maximum absolute atomic E-state index is 11.5. The third-order valence-corrected chi connectivity index (χ3v) is 3.50. The summed E-state index contributed by atoms with van der Waals surface area (Å²) < 4.78 is 10.6. The van der Waals surface area contributed by atoms with Gasteiger partial charge in [0, 0.05) is 19.1 Å². The number of nitrogens with zero attached hydrogens (tertiary/aromatic N) is 3. The minimum absolute atomic E-state index is 0.0116. The summed E-state index contributed by atoms with van der Waals surface area (Å²) in [6.07, 6.45) is 0.615. The number of hydrogen-bond donors (Lipinski definition) is 1. The summed E-state index contributed by atoms with van der Waals surface area (Å²) in [7, 11) is 1.64. The van der Waals surface area contributed by atoms with Crippen LogP contribution in [0.25, 0.3) is 0 Å². The number of aromatic nitrogens is 2. The highest BCUT2D eigenvalue weighted by molar-refractivity contribution is 5.80. The molecular formula is C13H22N4O3. The number of carbonyl (C=O) groups is 1. The molecule has 112 valence electrons. The van der Waals surface area contributed by atoms with Gasteiger partial charge in [0.05, 0.1) is 18.7 Å². The monoisotopic (exact) mass is 282 g/mol. The number of rotatable bonds is 4. The largest absolute Gasteiger partial charge is 0.380 e. The van der Waals surface area contributed by atoms with Gasteiger partial charge >= 0.3 is 0 Å². The van der Waals surface area contributed by atoms with Crippen LogP contribution in [-0.2, 0) is 21.5 Å². The van der Waals surface area contributed by atoms with Gasteiger partial charge in [0.15, 0.2) is 5.82 Å². The SMILES string of the molecule is CO[C@H]1C[C@@H](C(N)=O)N(Cc2nc(C(C)(C)C)no2)C1. The number of ether oxygens (including phenoxy) is 1. The second-order valence-electron chi connectivity index (χ2n) is 6.20. The molecule has 1 aromatic rings. The van der Waals surface area contributed by atoms with Crippen LogP contribution in [0.1, 0.15) is 38.9 Å². The Balaban J connectivity index is 2.08. The first-order valence-corrected chi connectivity index (χ1v) is 6.70. The van der Waals surface area contributed by atoms with E-state index in [-0.39, 0.29) is 23.5 Å². The first-order chi connectivity index (χ1) is 9.31. The lowest BCUT2D eigenvalue weighted by Crippen LogP contribution is -2.39. The van der Waals surface area contributed by atoms with E-state index in [4.69, 9.17) is 15.0 Å². The number of likely N-dealkylation sites (tertiary alicyclic amines) is 1. The Morgan fingerprint density at radius 3 is 2.75 bits per heavy atom. The van der Waals surface area contributed by atoms with Crippen molar-refractivity contribution in [2.45, 2.75) is 51.3 Å². The normalized spacial score (nSPS) is 24.2. The summed E-state index contributed by atoms with van der Waals surface area (Å²) >= 11 is 0. The number of nitrogens with two attached hydrogens (primary N) is 1. The van der Waals surface area contributed by atoms with Crippen LogP contribution in [0.15, 0.2) is 4.52 Å².